The maximum atomic E-state index is 11.9. The second-order valence-corrected chi connectivity index (χ2v) is 3.62. The maximum Gasteiger partial charge on any atom is 0.387 e. The van der Waals surface area contributed by atoms with Gasteiger partial charge in [-0.05, 0) is 17.3 Å². The molecule has 0 bridgehead atoms. The van der Waals surface area contributed by atoms with Crippen LogP contribution in [0.1, 0.15) is 31.2 Å². The molecule has 1 aliphatic heterocycles. The summed E-state index contributed by atoms with van der Waals surface area (Å²) in [7, 11) is 0. The Balaban J connectivity index is 1.87. The molecule has 0 saturated carbocycles. The third-order valence-electron chi connectivity index (χ3n) is 2.50. The molecule has 0 saturated heterocycles. The molecule has 1 aromatic carbocycles. The second kappa shape index (κ2) is 4.02. The lowest BCUT2D eigenvalue weighted by Crippen LogP contribution is -2.32. The fraction of sp³-hybridized carbons (Fsp3) is 0. The van der Waals surface area contributed by atoms with Crippen molar-refractivity contribution in [2.24, 2.45) is 0 Å². The van der Waals surface area contributed by atoms with Crippen LogP contribution in [0.15, 0.2) is 35.1 Å². The van der Waals surface area contributed by atoms with Crippen molar-refractivity contribution in [2.75, 3.05) is 0 Å². The van der Waals surface area contributed by atoms with Crippen molar-refractivity contribution in [2.45, 2.75) is 0 Å². The molecule has 0 N–H and O–H groups in total. The smallest absolute Gasteiger partial charge is 0.322 e. The molecule has 0 fully saturated rings. The van der Waals surface area contributed by atoms with Gasteiger partial charge in [-0.1, -0.05) is 22.4 Å². The third kappa shape index (κ3) is 1.66. The fourth-order valence-electron chi connectivity index (χ4n) is 1.63. The highest BCUT2D eigenvalue weighted by Crippen LogP contribution is 2.22. The Hall–Kier alpha value is -3.03. The van der Waals surface area contributed by atoms with Gasteiger partial charge in [-0.25, -0.2) is 9.42 Å². The summed E-state index contributed by atoms with van der Waals surface area (Å²) in [5.74, 6) is -2.41. The predicted molar refractivity (Wildman–Crippen MR) is 56.7 cm³/mol. The molecule has 0 aliphatic carbocycles. The van der Waals surface area contributed by atoms with Gasteiger partial charge in [-0.15, -0.1) is 0 Å². The third-order valence-corrected chi connectivity index (χ3v) is 2.50. The van der Waals surface area contributed by atoms with E-state index in [0.29, 0.717) is 5.06 Å². The summed E-state index contributed by atoms with van der Waals surface area (Å²) < 4.78 is 4.23. The number of carbonyl (C=O) groups is 3. The van der Waals surface area contributed by atoms with Crippen molar-refractivity contribution in [3.8, 4) is 0 Å². The van der Waals surface area contributed by atoms with Crippen LogP contribution in [-0.4, -0.2) is 33.2 Å². The lowest BCUT2D eigenvalue weighted by molar-refractivity contribution is -0.0590. The highest BCUT2D eigenvalue weighted by Gasteiger charge is 2.39. The number of carbonyl (C=O) groups excluding carboxylic acids is 3. The molecule has 2 heterocycles. The number of aromatic nitrogens is 2. The number of nitrogens with zero attached hydrogens (tertiary/aromatic N) is 3. The van der Waals surface area contributed by atoms with Gasteiger partial charge in [-0.3, -0.25) is 9.59 Å². The molecule has 0 unspecified atom stereocenters. The SMILES string of the molecule is O=C(ON1C(=O)c2ccccc2C1=O)c1cnon1. The molecule has 8 nitrogen and oxygen atoms in total. The van der Waals surface area contributed by atoms with Crippen molar-refractivity contribution in [3.63, 3.8) is 0 Å². The quantitative estimate of drug-likeness (QED) is 0.720. The van der Waals surface area contributed by atoms with Crippen LogP contribution in [0.3, 0.4) is 0 Å². The molecule has 2 amide bonds. The van der Waals surface area contributed by atoms with Crippen LogP contribution in [-0.2, 0) is 4.84 Å². The molecular formula is C11H5N3O5. The Bertz CT molecular complexity index is 644. The second-order valence-electron chi connectivity index (χ2n) is 3.62. The van der Waals surface area contributed by atoms with Gasteiger partial charge in [-0.2, -0.15) is 0 Å². The van der Waals surface area contributed by atoms with Gasteiger partial charge in [0, 0.05) is 0 Å². The van der Waals surface area contributed by atoms with E-state index in [1.165, 1.54) is 12.1 Å². The van der Waals surface area contributed by atoms with E-state index in [-0.39, 0.29) is 16.8 Å². The topological polar surface area (TPSA) is 103 Å². The number of rotatable bonds is 2. The Morgan fingerprint density at radius 3 is 2.32 bits per heavy atom. The van der Waals surface area contributed by atoms with Crippen molar-refractivity contribution >= 4 is 17.8 Å². The van der Waals surface area contributed by atoms with E-state index in [2.05, 4.69) is 14.9 Å². The van der Waals surface area contributed by atoms with Crippen molar-refractivity contribution in [3.05, 3.63) is 47.3 Å². The van der Waals surface area contributed by atoms with Gasteiger partial charge >= 0.3 is 5.97 Å². The summed E-state index contributed by atoms with van der Waals surface area (Å²) in [5.41, 5.74) is 0.119. The molecule has 19 heavy (non-hydrogen) atoms. The van der Waals surface area contributed by atoms with E-state index >= 15 is 0 Å². The summed E-state index contributed by atoms with van der Waals surface area (Å²) >= 11 is 0. The van der Waals surface area contributed by atoms with Crippen LogP contribution in [0.5, 0.6) is 0 Å². The van der Waals surface area contributed by atoms with E-state index in [4.69, 9.17) is 4.84 Å². The standard InChI is InChI=1S/C11H5N3O5/c15-9-6-3-1-2-4-7(6)10(16)14(9)18-11(17)8-5-12-19-13-8/h1-5H. The van der Waals surface area contributed by atoms with Gasteiger partial charge in [0.05, 0.1) is 11.1 Å². The number of hydrogen-bond acceptors (Lipinski definition) is 7. The van der Waals surface area contributed by atoms with Crippen LogP contribution in [0.2, 0.25) is 0 Å². The Labute approximate surface area is 105 Å². The van der Waals surface area contributed by atoms with Crippen LogP contribution in [0.25, 0.3) is 0 Å². The van der Waals surface area contributed by atoms with Crippen LogP contribution in [0.4, 0.5) is 0 Å². The van der Waals surface area contributed by atoms with Crippen LogP contribution >= 0.6 is 0 Å². The van der Waals surface area contributed by atoms with Crippen molar-refractivity contribution in [1.82, 2.24) is 15.4 Å². The van der Waals surface area contributed by atoms with Gasteiger partial charge in [0.2, 0.25) is 5.69 Å². The zero-order chi connectivity index (χ0) is 13.4. The summed E-state index contributed by atoms with van der Waals surface area (Å²) in [5, 5.41) is 6.86. The monoisotopic (exact) mass is 259 g/mol. The van der Waals surface area contributed by atoms with Crippen LogP contribution in [0, 0.1) is 0 Å². The summed E-state index contributed by atoms with van der Waals surface area (Å²) in [6, 6.07) is 6.16. The minimum atomic E-state index is -1.00. The van der Waals surface area contributed by atoms with Crippen molar-refractivity contribution < 1.29 is 23.9 Å². The highest BCUT2D eigenvalue weighted by molar-refractivity contribution is 6.21. The summed E-state index contributed by atoms with van der Waals surface area (Å²) in [6.45, 7) is 0. The fourth-order valence-corrected chi connectivity index (χ4v) is 1.63. The zero-order valence-corrected chi connectivity index (χ0v) is 9.27. The maximum absolute atomic E-state index is 11.9. The lowest BCUT2D eigenvalue weighted by Gasteiger charge is -2.10. The van der Waals surface area contributed by atoms with Gasteiger partial charge in [0.1, 0.15) is 6.20 Å². The number of hydrogen-bond donors (Lipinski definition) is 0. The minimum absolute atomic E-state index is 0.179. The molecular weight excluding hydrogens is 254 g/mol. The Kier molecular flexibility index (Phi) is 2.34. The number of benzene rings is 1. The Morgan fingerprint density at radius 1 is 1.16 bits per heavy atom. The molecule has 0 spiro atoms. The largest absolute Gasteiger partial charge is 0.387 e. The first kappa shape index (κ1) is 11.1. The van der Waals surface area contributed by atoms with Gasteiger partial charge < -0.3 is 4.84 Å². The minimum Gasteiger partial charge on any atom is -0.322 e. The molecule has 1 aromatic heterocycles. The number of amides is 2. The summed E-state index contributed by atoms with van der Waals surface area (Å²) in [4.78, 5) is 40.0. The first-order chi connectivity index (χ1) is 9.18. The van der Waals surface area contributed by atoms with Crippen molar-refractivity contribution in [1.29, 1.82) is 0 Å². The van der Waals surface area contributed by atoms with E-state index in [1.54, 1.807) is 12.1 Å². The molecule has 3 rings (SSSR count). The van der Waals surface area contributed by atoms with E-state index in [9.17, 15) is 14.4 Å². The molecule has 94 valence electrons. The van der Waals surface area contributed by atoms with E-state index < -0.39 is 17.8 Å². The number of fused-ring (bicyclic) bond motifs is 1. The molecule has 8 heteroatoms. The lowest BCUT2D eigenvalue weighted by atomic mass is 10.1. The first-order valence-corrected chi connectivity index (χ1v) is 5.16. The zero-order valence-electron chi connectivity index (χ0n) is 9.27. The number of imide groups is 1. The number of hydroxylamine groups is 2. The first-order valence-electron chi connectivity index (χ1n) is 5.16. The van der Waals surface area contributed by atoms with E-state index in [0.717, 1.165) is 6.20 Å². The van der Waals surface area contributed by atoms with E-state index in [1.807, 2.05) is 0 Å². The molecule has 1 aliphatic rings. The van der Waals surface area contributed by atoms with Gasteiger partial charge in [0.15, 0.2) is 0 Å². The predicted octanol–water partition coefficient (Wildman–Crippen LogP) is 0.438. The average Bonchev–Trinajstić information content (AvgIpc) is 3.03. The average molecular weight is 259 g/mol. The van der Waals surface area contributed by atoms with Crippen LogP contribution < -0.4 is 0 Å². The molecule has 2 aromatic rings. The van der Waals surface area contributed by atoms with Gasteiger partial charge in [0.25, 0.3) is 11.8 Å². The highest BCUT2D eigenvalue weighted by atomic mass is 16.7. The summed E-state index contributed by atoms with van der Waals surface area (Å²) in [6.07, 6.45) is 1.01. The Morgan fingerprint density at radius 2 is 1.79 bits per heavy atom. The normalized spacial score (nSPS) is 13.6. The molecule has 0 atom stereocenters. The molecule has 0 radical (unpaired) electrons.